The number of hydrogen-bond acceptors (Lipinski definition) is 6. The highest BCUT2D eigenvalue weighted by atomic mass is 32.1. The first kappa shape index (κ1) is 20.5. The number of nitrogens with one attached hydrogen (secondary N) is 2. The summed E-state index contributed by atoms with van der Waals surface area (Å²) in [6.07, 6.45) is 0.787. The molecule has 2 amide bonds. The molecule has 150 valence electrons. The number of ether oxygens (including phenoxy) is 1. The van der Waals surface area contributed by atoms with Crippen LogP contribution in [0.2, 0.25) is 0 Å². The molecule has 8 heteroatoms. The van der Waals surface area contributed by atoms with Gasteiger partial charge in [0.2, 0.25) is 11.0 Å². The Kier molecular flexibility index (Phi) is 6.91. The summed E-state index contributed by atoms with van der Waals surface area (Å²) in [5, 5.41) is 14.9. The highest BCUT2D eigenvalue weighted by Crippen LogP contribution is 2.20. The third kappa shape index (κ3) is 6.11. The molecule has 2 N–H and O–H groups in total. The van der Waals surface area contributed by atoms with Gasteiger partial charge in [0.1, 0.15) is 10.8 Å². The van der Waals surface area contributed by atoms with Crippen LogP contribution in [-0.4, -0.2) is 35.7 Å². The van der Waals surface area contributed by atoms with E-state index in [1.165, 1.54) is 11.3 Å². The molecule has 0 spiro atoms. The van der Waals surface area contributed by atoms with E-state index in [0.29, 0.717) is 17.1 Å². The van der Waals surface area contributed by atoms with Crippen molar-refractivity contribution in [2.45, 2.75) is 19.8 Å². The molecule has 7 nitrogen and oxygen atoms in total. The quantitative estimate of drug-likeness (QED) is 0.595. The average Bonchev–Trinajstić information content (AvgIpc) is 3.15. The van der Waals surface area contributed by atoms with Crippen molar-refractivity contribution in [2.75, 3.05) is 19.0 Å². The zero-order valence-corrected chi connectivity index (χ0v) is 17.1. The Hall–Kier alpha value is -3.26. The number of carbonyl (C=O) groups excluding carboxylic acids is 2. The summed E-state index contributed by atoms with van der Waals surface area (Å²) >= 11 is 1.33. The van der Waals surface area contributed by atoms with Gasteiger partial charge in [-0.2, -0.15) is 0 Å². The minimum atomic E-state index is -0.221. The highest BCUT2D eigenvalue weighted by Gasteiger charge is 2.10. The van der Waals surface area contributed by atoms with Crippen LogP contribution in [-0.2, 0) is 11.2 Å². The van der Waals surface area contributed by atoms with E-state index in [2.05, 4.69) is 20.8 Å². The Morgan fingerprint density at radius 3 is 2.62 bits per heavy atom. The molecular formula is C21H22N4O3S. The van der Waals surface area contributed by atoms with Gasteiger partial charge in [0.25, 0.3) is 5.91 Å². The van der Waals surface area contributed by atoms with Gasteiger partial charge < -0.3 is 15.4 Å². The van der Waals surface area contributed by atoms with Crippen molar-refractivity contribution in [3.63, 3.8) is 0 Å². The first-order valence-electron chi connectivity index (χ1n) is 9.13. The molecule has 0 atom stereocenters. The van der Waals surface area contributed by atoms with Crippen LogP contribution in [0.15, 0.2) is 48.5 Å². The zero-order chi connectivity index (χ0) is 20.6. The molecule has 3 aromatic rings. The Morgan fingerprint density at radius 2 is 1.90 bits per heavy atom. The molecule has 3 rings (SSSR count). The predicted octanol–water partition coefficient (Wildman–Crippen LogP) is 3.20. The molecule has 1 aromatic heterocycles. The van der Waals surface area contributed by atoms with E-state index < -0.39 is 0 Å². The van der Waals surface area contributed by atoms with Gasteiger partial charge in [0.15, 0.2) is 0 Å². The van der Waals surface area contributed by atoms with Crippen LogP contribution in [0.1, 0.15) is 32.9 Å². The maximum absolute atomic E-state index is 12.1. The molecule has 1 heterocycles. The fourth-order valence-electron chi connectivity index (χ4n) is 2.65. The molecule has 2 aromatic carbocycles. The van der Waals surface area contributed by atoms with Gasteiger partial charge in [-0.15, -0.1) is 10.2 Å². The lowest BCUT2D eigenvalue weighted by Gasteiger charge is -2.05. The molecule has 0 radical (unpaired) electrons. The monoisotopic (exact) mass is 410 g/mol. The Labute approximate surface area is 173 Å². The van der Waals surface area contributed by atoms with Crippen molar-refractivity contribution in [3.05, 3.63) is 70.2 Å². The van der Waals surface area contributed by atoms with E-state index in [0.717, 1.165) is 21.9 Å². The third-order valence-electron chi connectivity index (χ3n) is 4.15. The summed E-state index contributed by atoms with van der Waals surface area (Å²) in [6.45, 7) is 2.17. The molecule has 0 aliphatic carbocycles. The van der Waals surface area contributed by atoms with E-state index in [1.54, 1.807) is 19.2 Å². The van der Waals surface area contributed by atoms with Gasteiger partial charge in [-0.1, -0.05) is 41.2 Å². The molecule has 0 saturated heterocycles. The zero-order valence-electron chi connectivity index (χ0n) is 16.3. The average molecular weight is 410 g/mol. The predicted molar refractivity (Wildman–Crippen MR) is 112 cm³/mol. The van der Waals surface area contributed by atoms with Crippen LogP contribution in [0.25, 0.3) is 0 Å². The van der Waals surface area contributed by atoms with Crippen LogP contribution in [0.3, 0.4) is 0 Å². The van der Waals surface area contributed by atoms with E-state index in [-0.39, 0.29) is 24.8 Å². The molecule has 0 saturated carbocycles. The highest BCUT2D eigenvalue weighted by molar-refractivity contribution is 7.15. The summed E-state index contributed by atoms with van der Waals surface area (Å²) in [6, 6.07) is 15.0. The van der Waals surface area contributed by atoms with E-state index >= 15 is 0 Å². The second-order valence-corrected chi connectivity index (χ2v) is 7.51. The smallest absolute Gasteiger partial charge is 0.251 e. The number of carbonyl (C=O) groups is 2. The van der Waals surface area contributed by atoms with E-state index in [4.69, 9.17) is 4.74 Å². The summed E-state index contributed by atoms with van der Waals surface area (Å²) in [4.78, 5) is 24.2. The number of aromatic nitrogens is 2. The van der Waals surface area contributed by atoms with E-state index in [1.807, 2.05) is 43.3 Å². The number of rotatable bonds is 8. The van der Waals surface area contributed by atoms with Crippen molar-refractivity contribution in [3.8, 4) is 5.75 Å². The molecular weight excluding hydrogens is 388 g/mol. The number of anilines is 1. The number of amides is 2. The van der Waals surface area contributed by atoms with Crippen molar-refractivity contribution in [1.29, 1.82) is 0 Å². The van der Waals surface area contributed by atoms with Crippen molar-refractivity contribution >= 4 is 28.3 Å². The number of aryl methyl sites for hydroxylation is 1. The molecule has 29 heavy (non-hydrogen) atoms. The summed E-state index contributed by atoms with van der Waals surface area (Å²) in [5.41, 5.74) is 2.67. The maximum atomic E-state index is 12.1. The summed E-state index contributed by atoms with van der Waals surface area (Å²) < 4.78 is 5.15. The van der Waals surface area contributed by atoms with Crippen molar-refractivity contribution in [2.24, 2.45) is 0 Å². The molecule has 0 unspecified atom stereocenters. The molecule has 0 fully saturated rings. The molecule has 0 aliphatic rings. The molecule has 0 bridgehead atoms. The van der Waals surface area contributed by atoms with Gasteiger partial charge in [-0.05, 0) is 36.8 Å². The lowest BCUT2D eigenvalue weighted by atomic mass is 10.1. The van der Waals surface area contributed by atoms with Gasteiger partial charge in [0.05, 0.1) is 7.11 Å². The fraction of sp³-hybridized carbons (Fsp3) is 0.238. The lowest BCUT2D eigenvalue weighted by molar-refractivity contribution is -0.116. The number of methoxy groups -OCH3 is 1. The van der Waals surface area contributed by atoms with Crippen LogP contribution >= 0.6 is 11.3 Å². The number of nitrogens with zero attached hydrogens (tertiary/aromatic N) is 2. The number of benzene rings is 2. The van der Waals surface area contributed by atoms with Crippen LogP contribution in [0, 0.1) is 6.92 Å². The standard InChI is InChI=1S/C21H22N4O3S/c1-14-4-3-5-16(12-14)20(27)22-11-10-18(26)23-21-25-24-19(29-21)13-15-6-8-17(28-2)9-7-15/h3-9,12H,10-11,13H2,1-2H3,(H,22,27)(H,23,25,26). The van der Waals surface area contributed by atoms with Crippen molar-refractivity contribution in [1.82, 2.24) is 15.5 Å². The fourth-order valence-corrected chi connectivity index (χ4v) is 3.44. The van der Waals surface area contributed by atoms with Crippen LogP contribution in [0.5, 0.6) is 5.75 Å². The Balaban J connectivity index is 1.44. The summed E-state index contributed by atoms with van der Waals surface area (Å²) in [5.74, 6) is 0.384. The van der Waals surface area contributed by atoms with Crippen molar-refractivity contribution < 1.29 is 14.3 Å². The number of hydrogen-bond donors (Lipinski definition) is 2. The second kappa shape index (κ2) is 9.79. The van der Waals surface area contributed by atoms with Gasteiger partial charge >= 0.3 is 0 Å². The largest absolute Gasteiger partial charge is 0.497 e. The maximum Gasteiger partial charge on any atom is 0.251 e. The van der Waals surface area contributed by atoms with Gasteiger partial charge in [0, 0.05) is 24.9 Å². The Bertz CT molecular complexity index is 986. The molecule has 0 aliphatic heterocycles. The van der Waals surface area contributed by atoms with Crippen LogP contribution < -0.4 is 15.4 Å². The SMILES string of the molecule is COc1ccc(Cc2nnc(NC(=O)CCNC(=O)c3cccc(C)c3)s2)cc1. The van der Waals surface area contributed by atoms with Crippen LogP contribution in [0.4, 0.5) is 5.13 Å². The second-order valence-electron chi connectivity index (χ2n) is 6.45. The Morgan fingerprint density at radius 1 is 1.10 bits per heavy atom. The first-order valence-corrected chi connectivity index (χ1v) is 9.95. The minimum absolute atomic E-state index is 0.158. The topological polar surface area (TPSA) is 93.2 Å². The summed E-state index contributed by atoms with van der Waals surface area (Å²) in [7, 11) is 1.63. The third-order valence-corrected chi connectivity index (χ3v) is 4.98. The lowest BCUT2D eigenvalue weighted by Crippen LogP contribution is -2.27. The normalized spacial score (nSPS) is 10.4. The van der Waals surface area contributed by atoms with Gasteiger partial charge in [-0.3, -0.25) is 9.59 Å². The first-order chi connectivity index (χ1) is 14.0. The van der Waals surface area contributed by atoms with E-state index in [9.17, 15) is 9.59 Å². The minimum Gasteiger partial charge on any atom is -0.497 e. The van der Waals surface area contributed by atoms with Gasteiger partial charge in [-0.25, -0.2) is 0 Å².